The molecule has 1 aliphatic heterocycles. The monoisotopic (exact) mass is 443 g/mol. The molecule has 5 heterocycles. The van der Waals surface area contributed by atoms with Crippen molar-refractivity contribution in [2.24, 2.45) is 0 Å². The molecule has 2 amide bonds. The summed E-state index contributed by atoms with van der Waals surface area (Å²) >= 11 is 0. The van der Waals surface area contributed by atoms with E-state index in [1.165, 1.54) is 5.57 Å². The van der Waals surface area contributed by atoms with E-state index in [1.807, 2.05) is 57.1 Å². The van der Waals surface area contributed by atoms with E-state index in [0.717, 1.165) is 45.9 Å². The fraction of sp³-hybridized carbons (Fsp3) is 0.320. The van der Waals surface area contributed by atoms with Gasteiger partial charge in [0.25, 0.3) is 0 Å². The first-order valence-corrected chi connectivity index (χ1v) is 11.2. The number of hydrogen-bond acceptors (Lipinski definition) is 4. The Hall–Kier alpha value is -3.81. The minimum absolute atomic E-state index is 0.0204. The topological polar surface area (TPSA) is 90.3 Å². The van der Waals surface area contributed by atoms with Crippen molar-refractivity contribution < 1.29 is 4.79 Å². The second-order valence-electron chi connectivity index (χ2n) is 9.55. The number of nitrogens with one attached hydrogen (secondary N) is 3. The number of carbonyl (C=O) groups excluding carboxylic acids is 1. The minimum Gasteiger partial charge on any atom is -0.355 e. The van der Waals surface area contributed by atoms with Gasteiger partial charge in [-0.3, -0.25) is 0 Å². The molecule has 33 heavy (non-hydrogen) atoms. The molecule has 0 unspecified atom stereocenters. The van der Waals surface area contributed by atoms with Crippen LogP contribution in [0, 0.1) is 6.92 Å². The van der Waals surface area contributed by atoms with E-state index in [9.17, 15) is 4.79 Å². The van der Waals surface area contributed by atoms with E-state index in [-0.39, 0.29) is 11.6 Å². The number of hydrogen-bond donors (Lipinski definition) is 3. The third-order valence-corrected chi connectivity index (χ3v) is 5.85. The third kappa shape index (κ3) is 4.28. The molecule has 3 N–H and O–H groups in total. The van der Waals surface area contributed by atoms with Gasteiger partial charge >= 0.3 is 6.03 Å². The molecule has 0 atom stereocenters. The van der Waals surface area contributed by atoms with Crippen LogP contribution >= 0.6 is 0 Å². The van der Waals surface area contributed by atoms with Crippen LogP contribution in [-0.2, 0) is 0 Å². The first-order chi connectivity index (χ1) is 15.8. The average Bonchev–Trinajstić information content (AvgIpc) is 3.37. The van der Waals surface area contributed by atoms with Crippen LogP contribution in [0.5, 0.6) is 0 Å². The van der Waals surface area contributed by atoms with Gasteiger partial charge in [-0.15, -0.1) is 0 Å². The lowest BCUT2D eigenvalue weighted by Crippen LogP contribution is -2.49. The summed E-state index contributed by atoms with van der Waals surface area (Å²) in [5.41, 5.74) is 5.88. The van der Waals surface area contributed by atoms with Crippen molar-refractivity contribution in [1.29, 1.82) is 0 Å². The summed E-state index contributed by atoms with van der Waals surface area (Å²) in [6, 6.07) is 8.24. The van der Waals surface area contributed by atoms with Gasteiger partial charge in [0, 0.05) is 47.8 Å². The van der Waals surface area contributed by atoms with E-state index in [0.29, 0.717) is 13.1 Å². The van der Waals surface area contributed by atoms with Gasteiger partial charge in [-0.2, -0.15) is 0 Å². The van der Waals surface area contributed by atoms with Crippen molar-refractivity contribution in [2.45, 2.75) is 39.7 Å². The SMILES string of the molecule is Cc1ncc2cc(Nc3ccnc4[nH]c(C5=CCN(C(=O)NC(C)(C)C)CC5)cc34)ccn12. The maximum atomic E-state index is 12.5. The fourth-order valence-electron chi connectivity index (χ4n) is 4.17. The molecule has 0 spiro atoms. The van der Waals surface area contributed by atoms with E-state index in [4.69, 9.17) is 0 Å². The molecule has 0 radical (unpaired) electrons. The van der Waals surface area contributed by atoms with Crippen LogP contribution in [0.15, 0.2) is 48.9 Å². The molecule has 8 nitrogen and oxygen atoms in total. The molecule has 170 valence electrons. The molecule has 8 heteroatoms. The van der Waals surface area contributed by atoms with Crippen LogP contribution in [-0.4, -0.2) is 48.9 Å². The largest absolute Gasteiger partial charge is 0.355 e. The summed E-state index contributed by atoms with van der Waals surface area (Å²) in [5.74, 6) is 0.966. The highest BCUT2D eigenvalue weighted by atomic mass is 16.2. The van der Waals surface area contributed by atoms with Gasteiger partial charge in [0.1, 0.15) is 11.5 Å². The number of urea groups is 1. The van der Waals surface area contributed by atoms with Crippen LogP contribution in [0.2, 0.25) is 0 Å². The van der Waals surface area contributed by atoms with Crippen molar-refractivity contribution in [3.63, 3.8) is 0 Å². The molecule has 0 fully saturated rings. The number of aryl methyl sites for hydroxylation is 1. The number of amides is 2. The maximum absolute atomic E-state index is 12.5. The summed E-state index contributed by atoms with van der Waals surface area (Å²) < 4.78 is 2.06. The van der Waals surface area contributed by atoms with Crippen LogP contribution in [0.1, 0.15) is 38.7 Å². The number of pyridine rings is 2. The van der Waals surface area contributed by atoms with Crippen LogP contribution in [0.25, 0.3) is 22.1 Å². The minimum atomic E-state index is -0.241. The zero-order valence-corrected chi connectivity index (χ0v) is 19.4. The van der Waals surface area contributed by atoms with Crippen LogP contribution < -0.4 is 10.6 Å². The highest BCUT2D eigenvalue weighted by molar-refractivity contribution is 5.94. The summed E-state index contributed by atoms with van der Waals surface area (Å²) in [6.45, 7) is 9.25. The lowest BCUT2D eigenvalue weighted by Gasteiger charge is -2.30. The van der Waals surface area contributed by atoms with Gasteiger partial charge in [0.15, 0.2) is 0 Å². The van der Waals surface area contributed by atoms with Gasteiger partial charge in [-0.1, -0.05) is 6.08 Å². The molecule has 1 aliphatic rings. The number of imidazole rings is 1. The van der Waals surface area contributed by atoms with E-state index in [1.54, 1.807) is 6.20 Å². The molecule has 0 bridgehead atoms. The lowest BCUT2D eigenvalue weighted by atomic mass is 10.0. The molecule has 0 aromatic carbocycles. The molecule has 4 aromatic rings. The molecule has 0 aliphatic carbocycles. The first kappa shape index (κ1) is 21.1. The Bertz CT molecular complexity index is 1370. The van der Waals surface area contributed by atoms with Crippen molar-refractivity contribution in [1.82, 2.24) is 29.6 Å². The van der Waals surface area contributed by atoms with E-state index in [2.05, 4.69) is 48.2 Å². The predicted molar refractivity (Wildman–Crippen MR) is 132 cm³/mol. The number of rotatable bonds is 3. The Morgan fingerprint density at radius 1 is 1.18 bits per heavy atom. The highest BCUT2D eigenvalue weighted by Crippen LogP contribution is 2.30. The second-order valence-corrected chi connectivity index (χ2v) is 9.55. The number of fused-ring (bicyclic) bond motifs is 2. The second kappa shape index (κ2) is 7.95. The van der Waals surface area contributed by atoms with Crippen molar-refractivity contribution in [3.05, 3.63) is 60.5 Å². The quantitative estimate of drug-likeness (QED) is 0.422. The van der Waals surface area contributed by atoms with Gasteiger partial charge in [0.2, 0.25) is 0 Å². The summed E-state index contributed by atoms with van der Waals surface area (Å²) in [4.78, 5) is 26.6. The van der Waals surface area contributed by atoms with E-state index >= 15 is 0 Å². The van der Waals surface area contributed by atoms with Crippen molar-refractivity contribution in [2.75, 3.05) is 18.4 Å². The third-order valence-electron chi connectivity index (χ3n) is 5.85. The zero-order chi connectivity index (χ0) is 23.2. The Morgan fingerprint density at radius 2 is 2.03 bits per heavy atom. The van der Waals surface area contributed by atoms with Crippen LogP contribution in [0.4, 0.5) is 16.2 Å². The van der Waals surface area contributed by atoms with Crippen molar-refractivity contribution >= 4 is 39.5 Å². The smallest absolute Gasteiger partial charge is 0.318 e. The van der Waals surface area contributed by atoms with Gasteiger partial charge in [-0.25, -0.2) is 14.8 Å². The number of aromatic nitrogens is 4. The Kier molecular flexibility index (Phi) is 5.08. The number of aromatic amines is 1. The van der Waals surface area contributed by atoms with Gasteiger partial charge in [0.05, 0.1) is 17.4 Å². The first-order valence-electron chi connectivity index (χ1n) is 11.2. The number of H-pyrrole nitrogens is 1. The molecule has 4 aromatic heterocycles. The van der Waals surface area contributed by atoms with Gasteiger partial charge < -0.3 is 24.9 Å². The number of anilines is 2. The molecule has 5 rings (SSSR count). The van der Waals surface area contributed by atoms with E-state index < -0.39 is 0 Å². The number of carbonyl (C=O) groups is 1. The summed E-state index contributed by atoms with van der Waals surface area (Å²) in [7, 11) is 0. The van der Waals surface area contributed by atoms with Crippen molar-refractivity contribution in [3.8, 4) is 0 Å². The molecule has 0 saturated carbocycles. The average molecular weight is 444 g/mol. The Labute approximate surface area is 192 Å². The maximum Gasteiger partial charge on any atom is 0.318 e. The standard InChI is InChI=1S/C25H29N7O/c1-16-27-15-19-13-18(8-12-32(16)19)28-21-5-9-26-23-20(21)14-22(29-23)17-6-10-31(11-7-17)24(33)30-25(2,3)4/h5-6,8-9,12-15H,7,10-11H2,1-4H3,(H,30,33)(H2,26,28,29). The summed E-state index contributed by atoms with van der Waals surface area (Å²) in [5, 5.41) is 7.59. The predicted octanol–water partition coefficient (Wildman–Crippen LogP) is 4.86. The highest BCUT2D eigenvalue weighted by Gasteiger charge is 2.22. The Balaban J connectivity index is 1.37. The molecular weight excluding hydrogens is 414 g/mol. The Morgan fingerprint density at radius 3 is 2.79 bits per heavy atom. The van der Waals surface area contributed by atoms with Gasteiger partial charge in [-0.05, 0) is 64.0 Å². The van der Waals surface area contributed by atoms with Crippen LogP contribution in [0.3, 0.4) is 0 Å². The number of nitrogens with zero attached hydrogens (tertiary/aromatic N) is 4. The molecular formula is C25H29N7O. The summed E-state index contributed by atoms with van der Waals surface area (Å²) in [6.07, 6.45) is 8.62. The fourth-order valence-corrected chi connectivity index (χ4v) is 4.17. The lowest BCUT2D eigenvalue weighted by molar-refractivity contribution is 0.193. The zero-order valence-electron chi connectivity index (χ0n) is 19.4. The molecule has 0 saturated heterocycles. The normalized spacial score (nSPS) is 14.5.